The van der Waals surface area contributed by atoms with Gasteiger partial charge in [0.2, 0.25) is 0 Å². The van der Waals surface area contributed by atoms with Crippen molar-refractivity contribution in [2.45, 2.75) is 44.7 Å². The Morgan fingerprint density at radius 3 is 2.32 bits per heavy atom. The van der Waals surface area contributed by atoms with Gasteiger partial charge in [0, 0.05) is 10.1 Å². The second-order valence-corrected chi connectivity index (χ2v) is 7.92. The van der Waals surface area contributed by atoms with Crippen LogP contribution >= 0.6 is 22.6 Å². The van der Waals surface area contributed by atoms with Crippen LogP contribution < -0.4 is 0 Å². The molecule has 0 amide bonds. The van der Waals surface area contributed by atoms with Crippen LogP contribution in [0.15, 0.2) is 42.5 Å². The molecule has 2 heterocycles. The molecule has 0 fully saturated rings. The van der Waals surface area contributed by atoms with Gasteiger partial charge >= 0.3 is 0 Å². The summed E-state index contributed by atoms with van der Waals surface area (Å²) in [5.74, 6) is 0. The molecular formula is C20H22IN. The number of hydrogen-bond donors (Lipinski definition) is 0. The SMILES string of the molecule is CCCN1C2(C)c3ccccc3C1(CC)c1ccc(I)cc12. The molecule has 2 aromatic carbocycles. The first-order valence-electron chi connectivity index (χ1n) is 8.29. The number of benzene rings is 2. The molecule has 0 aliphatic carbocycles. The van der Waals surface area contributed by atoms with Crippen molar-refractivity contribution >= 4 is 22.6 Å². The maximum absolute atomic E-state index is 2.77. The summed E-state index contributed by atoms with van der Waals surface area (Å²) < 4.78 is 1.34. The summed E-state index contributed by atoms with van der Waals surface area (Å²) in [6.45, 7) is 8.22. The lowest BCUT2D eigenvalue weighted by Crippen LogP contribution is -2.44. The van der Waals surface area contributed by atoms with Crippen LogP contribution in [-0.4, -0.2) is 11.4 Å². The van der Waals surface area contributed by atoms with Crippen LogP contribution in [0.5, 0.6) is 0 Å². The van der Waals surface area contributed by atoms with Crippen LogP contribution in [0, 0.1) is 3.57 Å². The fraction of sp³-hybridized carbons (Fsp3) is 0.400. The minimum absolute atomic E-state index is 0.0269. The highest BCUT2D eigenvalue weighted by Gasteiger charge is 2.63. The van der Waals surface area contributed by atoms with Crippen LogP contribution in [0.25, 0.3) is 0 Å². The third kappa shape index (κ3) is 1.48. The monoisotopic (exact) mass is 403 g/mol. The molecule has 0 saturated carbocycles. The molecule has 0 aromatic heterocycles. The standard InChI is InChI=1S/C20H22IN/c1-4-12-22-19(3)15-8-6-7-9-16(15)20(22,5-2)17-11-10-14(21)13-18(17)19/h6-11,13H,4-5,12H2,1-3H3. The van der Waals surface area contributed by atoms with Crippen molar-refractivity contribution in [3.63, 3.8) is 0 Å². The highest BCUT2D eigenvalue weighted by atomic mass is 127. The zero-order chi connectivity index (χ0) is 15.5. The van der Waals surface area contributed by atoms with Crippen LogP contribution in [0.1, 0.15) is 55.9 Å². The Kier molecular flexibility index (Phi) is 3.22. The number of fused-ring (bicyclic) bond motifs is 8. The fourth-order valence-corrected chi connectivity index (χ4v) is 5.50. The fourth-order valence-electron chi connectivity index (χ4n) is 5.01. The molecule has 0 radical (unpaired) electrons. The van der Waals surface area contributed by atoms with Crippen molar-refractivity contribution in [2.75, 3.05) is 6.54 Å². The lowest BCUT2D eigenvalue weighted by molar-refractivity contribution is 0.0827. The molecule has 2 aliphatic heterocycles. The molecule has 2 unspecified atom stereocenters. The smallest absolute Gasteiger partial charge is 0.0729 e. The summed E-state index contributed by atoms with van der Waals surface area (Å²) in [7, 11) is 0. The summed E-state index contributed by atoms with van der Waals surface area (Å²) in [5, 5.41) is 0. The van der Waals surface area contributed by atoms with E-state index in [2.05, 4.69) is 90.7 Å². The van der Waals surface area contributed by atoms with Crippen LogP contribution in [-0.2, 0) is 11.1 Å². The maximum Gasteiger partial charge on any atom is 0.0729 e. The largest absolute Gasteiger partial charge is 0.276 e. The minimum Gasteiger partial charge on any atom is -0.276 e. The van der Waals surface area contributed by atoms with Crippen molar-refractivity contribution in [3.05, 3.63) is 68.3 Å². The van der Waals surface area contributed by atoms with Gasteiger partial charge in [-0.1, -0.05) is 44.2 Å². The topological polar surface area (TPSA) is 3.24 Å². The van der Waals surface area contributed by atoms with Crippen molar-refractivity contribution < 1.29 is 0 Å². The molecule has 0 N–H and O–H groups in total. The number of hydrogen-bond acceptors (Lipinski definition) is 1. The first kappa shape index (κ1) is 14.7. The van der Waals surface area contributed by atoms with Crippen molar-refractivity contribution in [1.29, 1.82) is 0 Å². The Bertz CT molecular complexity index is 753. The molecule has 0 spiro atoms. The van der Waals surface area contributed by atoms with Gasteiger partial charge < -0.3 is 0 Å². The molecule has 2 heteroatoms. The summed E-state index contributed by atoms with van der Waals surface area (Å²) in [6, 6.07) is 16.2. The van der Waals surface area contributed by atoms with Gasteiger partial charge in [0.1, 0.15) is 0 Å². The van der Waals surface area contributed by atoms with E-state index in [9.17, 15) is 0 Å². The van der Waals surface area contributed by atoms with Crippen molar-refractivity contribution in [1.82, 2.24) is 4.90 Å². The van der Waals surface area contributed by atoms with Gasteiger partial charge in [0.15, 0.2) is 0 Å². The Balaban J connectivity index is 2.10. The first-order valence-corrected chi connectivity index (χ1v) is 9.36. The number of nitrogens with zero attached hydrogens (tertiary/aromatic N) is 1. The molecule has 4 rings (SSSR count). The number of rotatable bonds is 3. The van der Waals surface area contributed by atoms with Gasteiger partial charge in [-0.05, 0) is 76.7 Å². The van der Waals surface area contributed by atoms with E-state index in [0.29, 0.717) is 0 Å². The minimum atomic E-state index is 0.0269. The molecule has 22 heavy (non-hydrogen) atoms. The summed E-state index contributed by atoms with van der Waals surface area (Å²) in [6.07, 6.45) is 2.32. The summed E-state index contributed by atoms with van der Waals surface area (Å²) in [4.78, 5) is 2.77. The Hall–Kier alpha value is -0.870. The summed E-state index contributed by atoms with van der Waals surface area (Å²) in [5.41, 5.74) is 6.19. The average molecular weight is 403 g/mol. The highest BCUT2D eigenvalue weighted by Crippen LogP contribution is 2.64. The van der Waals surface area contributed by atoms with E-state index in [4.69, 9.17) is 0 Å². The van der Waals surface area contributed by atoms with E-state index >= 15 is 0 Å². The van der Waals surface area contributed by atoms with E-state index in [1.165, 1.54) is 32.2 Å². The van der Waals surface area contributed by atoms with Crippen LogP contribution in [0.3, 0.4) is 0 Å². The van der Waals surface area contributed by atoms with Gasteiger partial charge in [0.05, 0.1) is 11.1 Å². The molecule has 1 nitrogen and oxygen atoms in total. The van der Waals surface area contributed by atoms with Gasteiger partial charge in [-0.3, -0.25) is 4.90 Å². The molecule has 2 bridgehead atoms. The lowest BCUT2D eigenvalue weighted by atomic mass is 9.72. The van der Waals surface area contributed by atoms with Gasteiger partial charge in [-0.15, -0.1) is 0 Å². The molecule has 2 aromatic rings. The normalized spacial score (nSPS) is 28.7. The van der Waals surface area contributed by atoms with E-state index in [-0.39, 0.29) is 11.1 Å². The molecular weight excluding hydrogens is 381 g/mol. The number of halogens is 1. The van der Waals surface area contributed by atoms with E-state index < -0.39 is 0 Å². The Labute approximate surface area is 146 Å². The molecule has 2 atom stereocenters. The Morgan fingerprint density at radius 1 is 0.955 bits per heavy atom. The molecule has 114 valence electrons. The second-order valence-electron chi connectivity index (χ2n) is 6.67. The van der Waals surface area contributed by atoms with Crippen molar-refractivity contribution in [3.8, 4) is 0 Å². The van der Waals surface area contributed by atoms with E-state index in [1.807, 2.05) is 0 Å². The summed E-state index contributed by atoms with van der Waals surface area (Å²) >= 11 is 2.45. The van der Waals surface area contributed by atoms with Gasteiger partial charge in [-0.25, -0.2) is 0 Å². The molecule has 2 aliphatic rings. The van der Waals surface area contributed by atoms with Gasteiger partial charge in [0.25, 0.3) is 0 Å². The predicted octanol–water partition coefficient (Wildman–Crippen LogP) is 5.25. The second kappa shape index (κ2) is 4.81. The van der Waals surface area contributed by atoms with Crippen LogP contribution in [0.2, 0.25) is 0 Å². The zero-order valence-corrected chi connectivity index (χ0v) is 15.6. The Morgan fingerprint density at radius 2 is 1.64 bits per heavy atom. The third-order valence-corrected chi connectivity index (χ3v) is 6.48. The van der Waals surface area contributed by atoms with E-state index in [0.717, 1.165) is 13.0 Å². The maximum atomic E-state index is 2.77. The van der Waals surface area contributed by atoms with Crippen LogP contribution in [0.4, 0.5) is 0 Å². The predicted molar refractivity (Wildman–Crippen MR) is 100 cm³/mol. The third-order valence-electron chi connectivity index (χ3n) is 5.81. The quantitative estimate of drug-likeness (QED) is 0.633. The zero-order valence-electron chi connectivity index (χ0n) is 13.5. The van der Waals surface area contributed by atoms with E-state index in [1.54, 1.807) is 0 Å². The first-order chi connectivity index (χ1) is 10.6. The molecule has 0 saturated heterocycles. The average Bonchev–Trinajstić information content (AvgIpc) is 2.88. The van der Waals surface area contributed by atoms with Crippen molar-refractivity contribution in [2.24, 2.45) is 0 Å². The van der Waals surface area contributed by atoms with Gasteiger partial charge in [-0.2, -0.15) is 0 Å². The highest BCUT2D eigenvalue weighted by molar-refractivity contribution is 14.1. The lowest BCUT2D eigenvalue weighted by Gasteiger charge is -2.38.